The van der Waals surface area contributed by atoms with Gasteiger partial charge >= 0.3 is 0 Å². The van der Waals surface area contributed by atoms with Gasteiger partial charge in [0.25, 0.3) is 0 Å². The molecule has 1 aromatic heterocycles. The van der Waals surface area contributed by atoms with Gasteiger partial charge in [-0.15, -0.1) is 0 Å². The second-order valence-electron chi connectivity index (χ2n) is 10.0. The summed E-state index contributed by atoms with van der Waals surface area (Å²) in [5.41, 5.74) is 6.37. The van der Waals surface area contributed by atoms with Crippen molar-refractivity contribution < 1.29 is 9.59 Å². The van der Waals surface area contributed by atoms with E-state index in [1.165, 1.54) is 6.21 Å². The van der Waals surface area contributed by atoms with Crippen LogP contribution >= 0.6 is 0 Å². The lowest BCUT2D eigenvalue weighted by Crippen LogP contribution is -2.44. The van der Waals surface area contributed by atoms with Gasteiger partial charge in [-0.2, -0.15) is 0 Å². The number of allylic oxidation sites excluding steroid dienone is 4. The Labute approximate surface area is 219 Å². The Morgan fingerprint density at radius 3 is 2.51 bits per heavy atom. The van der Waals surface area contributed by atoms with Crippen LogP contribution in [0.25, 0.3) is 11.1 Å². The lowest BCUT2D eigenvalue weighted by molar-refractivity contribution is -0.115. The second-order valence-corrected chi connectivity index (χ2v) is 10.0. The van der Waals surface area contributed by atoms with Gasteiger partial charge < -0.3 is 20.5 Å². The zero-order chi connectivity index (χ0) is 26.5. The molecule has 1 aromatic carbocycles. The zero-order valence-electron chi connectivity index (χ0n) is 22.4. The Hall–Kier alpha value is -3.58. The van der Waals surface area contributed by atoms with E-state index in [9.17, 15) is 9.59 Å². The predicted octanol–water partition coefficient (Wildman–Crippen LogP) is 5.13. The molecule has 2 N–H and O–H groups in total. The number of carbonyl (C=O) groups excluding carboxylic acids is 2. The number of pyridine rings is 1. The smallest absolute Gasteiger partial charge is 0.163 e. The van der Waals surface area contributed by atoms with E-state index in [-0.39, 0.29) is 18.0 Å². The number of hydrogen-bond acceptors (Lipinski definition) is 7. The highest BCUT2D eigenvalue weighted by Crippen LogP contribution is 2.31. The van der Waals surface area contributed by atoms with Crippen LogP contribution in [-0.4, -0.2) is 67.4 Å². The van der Waals surface area contributed by atoms with Crippen molar-refractivity contribution in [2.45, 2.75) is 40.0 Å². The highest BCUT2D eigenvalue weighted by molar-refractivity contribution is 6.08. The number of hydrogen-bond donors (Lipinski definition) is 2. The molecular weight excluding hydrogens is 462 g/mol. The summed E-state index contributed by atoms with van der Waals surface area (Å²) in [7, 11) is 2.13. The van der Waals surface area contributed by atoms with Gasteiger partial charge in [-0.05, 0) is 75.2 Å². The maximum atomic E-state index is 13.5. The van der Waals surface area contributed by atoms with E-state index in [1.807, 2.05) is 57.3 Å². The number of ketones is 2. The quantitative estimate of drug-likeness (QED) is 0.367. The number of likely N-dealkylation sites (N-methyl/N-ethyl adjacent to an activating group) is 1. The van der Waals surface area contributed by atoms with Crippen molar-refractivity contribution in [3.8, 4) is 11.1 Å². The summed E-state index contributed by atoms with van der Waals surface area (Å²) in [5.74, 6) is 0.994. The van der Waals surface area contributed by atoms with Crippen LogP contribution < -0.4 is 10.2 Å². The average Bonchev–Trinajstić information content (AvgIpc) is 2.88. The first-order chi connectivity index (χ1) is 17.8. The third-order valence-corrected chi connectivity index (χ3v) is 7.22. The van der Waals surface area contributed by atoms with E-state index in [0.29, 0.717) is 30.5 Å². The molecule has 0 unspecified atom stereocenters. The van der Waals surface area contributed by atoms with Crippen molar-refractivity contribution in [2.24, 2.45) is 0 Å². The maximum absolute atomic E-state index is 13.5. The van der Waals surface area contributed by atoms with Crippen LogP contribution in [-0.2, 0) is 4.79 Å². The molecule has 1 aliphatic carbocycles. The molecule has 0 radical (unpaired) electrons. The van der Waals surface area contributed by atoms with Gasteiger partial charge in [-0.3, -0.25) is 9.59 Å². The zero-order valence-corrected chi connectivity index (χ0v) is 22.4. The standard InChI is InChI=1S/C30H37N5O2/c1-5-32-27-17-23(22-6-9-30(33-19-22)35-12-10-34(4)11-13-35)16-25(26(27)18-31)28(36)8-7-24-21(3)14-20(2)15-29(24)37/h6,9,14,16-19,31-32H,5,7-8,10-13,15H2,1-4H3. The molecule has 0 spiro atoms. The highest BCUT2D eigenvalue weighted by Gasteiger charge is 2.21. The Morgan fingerprint density at radius 2 is 1.89 bits per heavy atom. The minimum absolute atomic E-state index is 0.0686. The van der Waals surface area contributed by atoms with E-state index in [0.717, 1.165) is 65.5 Å². The van der Waals surface area contributed by atoms with Crippen LogP contribution in [0.3, 0.4) is 0 Å². The molecule has 194 valence electrons. The molecule has 37 heavy (non-hydrogen) atoms. The van der Waals surface area contributed by atoms with Gasteiger partial charge in [0.05, 0.1) is 0 Å². The minimum atomic E-state index is -0.0686. The predicted molar refractivity (Wildman–Crippen MR) is 151 cm³/mol. The first kappa shape index (κ1) is 26.5. The van der Waals surface area contributed by atoms with Crippen molar-refractivity contribution in [1.82, 2.24) is 9.88 Å². The monoisotopic (exact) mass is 499 g/mol. The van der Waals surface area contributed by atoms with Crippen LogP contribution in [0.5, 0.6) is 0 Å². The fourth-order valence-corrected chi connectivity index (χ4v) is 5.12. The van der Waals surface area contributed by atoms with Gasteiger partial charge in [-0.1, -0.05) is 11.6 Å². The number of carbonyl (C=O) groups is 2. The van der Waals surface area contributed by atoms with Gasteiger partial charge in [0.1, 0.15) is 5.82 Å². The number of nitrogens with one attached hydrogen (secondary N) is 2. The maximum Gasteiger partial charge on any atom is 0.163 e. The number of benzene rings is 1. The summed E-state index contributed by atoms with van der Waals surface area (Å²) < 4.78 is 0. The molecule has 4 rings (SSSR count). The lowest BCUT2D eigenvalue weighted by Gasteiger charge is -2.33. The third kappa shape index (κ3) is 6.05. The molecule has 2 aliphatic rings. The number of Topliss-reactive ketones (excluding diaryl/α,β-unsaturated/α-hetero) is 2. The largest absolute Gasteiger partial charge is 0.385 e. The molecule has 1 aliphatic heterocycles. The first-order valence-electron chi connectivity index (χ1n) is 13.1. The molecule has 0 bridgehead atoms. The number of nitrogens with zero attached hydrogens (tertiary/aromatic N) is 3. The van der Waals surface area contributed by atoms with E-state index < -0.39 is 0 Å². The van der Waals surface area contributed by atoms with E-state index in [4.69, 9.17) is 10.4 Å². The molecule has 7 nitrogen and oxygen atoms in total. The normalized spacial score (nSPS) is 16.6. The van der Waals surface area contributed by atoms with Crippen molar-refractivity contribution >= 4 is 29.3 Å². The SMILES string of the molecule is CCNc1cc(-c2ccc(N3CCN(C)CC3)nc2)cc(C(=O)CCC2=C(C)C=C(C)CC2=O)c1C=N. The highest BCUT2D eigenvalue weighted by atomic mass is 16.1. The molecule has 1 fully saturated rings. The van der Waals surface area contributed by atoms with E-state index in [1.54, 1.807) is 0 Å². The average molecular weight is 500 g/mol. The first-order valence-corrected chi connectivity index (χ1v) is 13.1. The molecule has 1 saturated heterocycles. The van der Waals surface area contributed by atoms with Gasteiger partial charge in [0, 0.05) is 80.4 Å². The Bertz CT molecular complexity index is 1250. The van der Waals surface area contributed by atoms with Crippen molar-refractivity contribution in [3.63, 3.8) is 0 Å². The van der Waals surface area contributed by atoms with Crippen LogP contribution in [0.2, 0.25) is 0 Å². The number of piperazine rings is 1. The fourth-order valence-electron chi connectivity index (χ4n) is 5.12. The second kappa shape index (κ2) is 11.6. The van der Waals surface area contributed by atoms with Crippen LogP contribution in [0, 0.1) is 5.41 Å². The summed E-state index contributed by atoms with van der Waals surface area (Å²) in [5, 5.41) is 11.3. The fraction of sp³-hybridized carbons (Fsp3) is 0.400. The Kier molecular flexibility index (Phi) is 8.34. The number of aromatic nitrogens is 1. The summed E-state index contributed by atoms with van der Waals surface area (Å²) in [6, 6.07) is 7.94. The molecule has 0 amide bonds. The van der Waals surface area contributed by atoms with Crippen LogP contribution in [0.15, 0.2) is 53.3 Å². The third-order valence-electron chi connectivity index (χ3n) is 7.22. The molecule has 0 saturated carbocycles. The van der Waals surface area contributed by atoms with E-state index >= 15 is 0 Å². The van der Waals surface area contributed by atoms with Gasteiger partial charge in [-0.25, -0.2) is 4.98 Å². The minimum Gasteiger partial charge on any atom is -0.385 e. The summed E-state index contributed by atoms with van der Waals surface area (Å²) in [6.45, 7) is 10.5. The number of rotatable bonds is 9. The van der Waals surface area contributed by atoms with Crippen LogP contribution in [0.4, 0.5) is 11.5 Å². The topological polar surface area (TPSA) is 89.4 Å². The molecule has 2 aromatic rings. The molecular formula is C30H37N5O2. The van der Waals surface area contributed by atoms with Crippen molar-refractivity contribution in [2.75, 3.05) is 50.0 Å². The Morgan fingerprint density at radius 1 is 1.14 bits per heavy atom. The molecule has 0 atom stereocenters. The van der Waals surface area contributed by atoms with Crippen LogP contribution in [0.1, 0.15) is 56.0 Å². The van der Waals surface area contributed by atoms with E-state index in [2.05, 4.69) is 22.2 Å². The molecule has 7 heteroatoms. The summed E-state index contributed by atoms with van der Waals surface area (Å²) in [6.07, 6.45) is 6.19. The van der Waals surface area contributed by atoms with Crippen molar-refractivity contribution in [3.05, 3.63) is 64.4 Å². The van der Waals surface area contributed by atoms with Gasteiger partial charge in [0.2, 0.25) is 0 Å². The van der Waals surface area contributed by atoms with Gasteiger partial charge in [0.15, 0.2) is 11.6 Å². The molecule has 2 heterocycles. The summed E-state index contributed by atoms with van der Waals surface area (Å²) in [4.78, 5) is 35.4. The lowest BCUT2D eigenvalue weighted by atomic mass is 9.88. The summed E-state index contributed by atoms with van der Waals surface area (Å²) >= 11 is 0. The Balaban J connectivity index is 1.61. The van der Waals surface area contributed by atoms with Crippen molar-refractivity contribution in [1.29, 1.82) is 5.41 Å². The number of anilines is 2.